The minimum atomic E-state index is -1.000. The molecule has 0 bridgehead atoms. The van der Waals surface area contributed by atoms with Crippen LogP contribution in [0.2, 0.25) is 0 Å². The van der Waals surface area contributed by atoms with Crippen LogP contribution in [0.5, 0.6) is 0 Å². The van der Waals surface area contributed by atoms with E-state index in [2.05, 4.69) is 29.6 Å². The average molecular weight is 379 g/mol. The van der Waals surface area contributed by atoms with E-state index < -0.39 is 18.1 Å². The number of benzene rings is 2. The van der Waals surface area contributed by atoms with Crippen LogP contribution in [0.4, 0.5) is 4.79 Å². The van der Waals surface area contributed by atoms with Gasteiger partial charge in [0.05, 0.1) is 0 Å². The lowest BCUT2D eigenvalue weighted by Crippen LogP contribution is -2.42. The second-order valence-electron chi connectivity index (χ2n) is 7.75. The number of carbonyl (C=O) groups is 2. The predicted molar refractivity (Wildman–Crippen MR) is 106 cm³/mol. The van der Waals surface area contributed by atoms with Crippen molar-refractivity contribution in [1.82, 2.24) is 5.32 Å². The molecule has 1 fully saturated rings. The summed E-state index contributed by atoms with van der Waals surface area (Å²) in [6, 6.07) is 15.4. The third-order valence-electron chi connectivity index (χ3n) is 5.98. The van der Waals surface area contributed by atoms with Crippen LogP contribution in [0.15, 0.2) is 48.5 Å². The topological polar surface area (TPSA) is 75.6 Å². The lowest BCUT2D eigenvalue weighted by atomic mass is 9.98. The molecule has 1 amide bonds. The molecule has 1 unspecified atom stereocenters. The molecule has 0 saturated heterocycles. The zero-order valence-corrected chi connectivity index (χ0v) is 15.8. The molecule has 5 nitrogen and oxygen atoms in total. The van der Waals surface area contributed by atoms with Gasteiger partial charge in [-0.15, -0.1) is 0 Å². The SMILES string of the molecule is O=C(NC(CC1CCCC1)C(=O)O)OCC1c2ccccc2-c2ccccc21. The van der Waals surface area contributed by atoms with E-state index in [1.165, 1.54) is 0 Å². The van der Waals surface area contributed by atoms with Crippen molar-refractivity contribution in [3.8, 4) is 11.1 Å². The Morgan fingerprint density at radius 1 is 1.00 bits per heavy atom. The van der Waals surface area contributed by atoms with Crippen molar-refractivity contribution in [1.29, 1.82) is 0 Å². The molecular weight excluding hydrogens is 354 g/mol. The molecule has 0 spiro atoms. The monoisotopic (exact) mass is 379 g/mol. The maximum Gasteiger partial charge on any atom is 0.407 e. The van der Waals surface area contributed by atoms with E-state index in [9.17, 15) is 14.7 Å². The summed E-state index contributed by atoms with van der Waals surface area (Å²) in [5.41, 5.74) is 4.60. The fourth-order valence-corrected chi connectivity index (χ4v) is 4.58. The fraction of sp³-hybridized carbons (Fsp3) is 0.391. The summed E-state index contributed by atoms with van der Waals surface area (Å²) in [5, 5.41) is 12.0. The van der Waals surface area contributed by atoms with Crippen LogP contribution < -0.4 is 5.32 Å². The van der Waals surface area contributed by atoms with Gasteiger partial charge in [0.25, 0.3) is 0 Å². The van der Waals surface area contributed by atoms with Gasteiger partial charge in [-0.05, 0) is 34.6 Å². The average Bonchev–Trinajstić information content (AvgIpc) is 3.32. The number of hydrogen-bond donors (Lipinski definition) is 2. The number of carboxylic acids is 1. The van der Waals surface area contributed by atoms with Crippen LogP contribution in [-0.2, 0) is 9.53 Å². The van der Waals surface area contributed by atoms with Gasteiger partial charge >= 0.3 is 12.1 Å². The molecule has 0 radical (unpaired) electrons. The Kier molecular flexibility index (Phi) is 5.33. The van der Waals surface area contributed by atoms with E-state index in [1.807, 2.05) is 24.3 Å². The highest BCUT2D eigenvalue weighted by molar-refractivity contribution is 5.81. The minimum Gasteiger partial charge on any atom is -0.480 e. The largest absolute Gasteiger partial charge is 0.480 e. The molecule has 28 heavy (non-hydrogen) atoms. The van der Waals surface area contributed by atoms with Crippen molar-refractivity contribution < 1.29 is 19.4 Å². The molecule has 146 valence electrons. The fourth-order valence-electron chi connectivity index (χ4n) is 4.58. The minimum absolute atomic E-state index is 0.0312. The maximum atomic E-state index is 12.3. The zero-order valence-electron chi connectivity index (χ0n) is 15.8. The summed E-state index contributed by atoms with van der Waals surface area (Å²) >= 11 is 0. The van der Waals surface area contributed by atoms with E-state index in [0.717, 1.165) is 47.9 Å². The number of aliphatic carboxylic acids is 1. The molecule has 4 rings (SSSR count). The number of carbonyl (C=O) groups excluding carboxylic acids is 1. The molecule has 1 atom stereocenters. The molecule has 2 aliphatic rings. The number of carboxylic acid groups (broad SMARTS) is 1. The summed E-state index contributed by atoms with van der Waals surface area (Å²) in [5.74, 6) is -0.661. The Labute approximate surface area is 164 Å². The van der Waals surface area contributed by atoms with Crippen molar-refractivity contribution >= 4 is 12.1 Å². The molecule has 1 saturated carbocycles. The Hall–Kier alpha value is -2.82. The third kappa shape index (κ3) is 3.75. The number of rotatable bonds is 6. The van der Waals surface area contributed by atoms with Gasteiger partial charge in [0, 0.05) is 5.92 Å². The number of nitrogens with one attached hydrogen (secondary N) is 1. The number of alkyl carbamates (subject to hydrolysis) is 1. The smallest absolute Gasteiger partial charge is 0.407 e. The first kappa shape index (κ1) is 18.5. The molecule has 2 aromatic rings. The molecular formula is C23H25NO4. The summed E-state index contributed by atoms with van der Waals surface area (Å²) < 4.78 is 5.47. The van der Waals surface area contributed by atoms with E-state index in [1.54, 1.807) is 0 Å². The van der Waals surface area contributed by atoms with Crippen LogP contribution in [0.25, 0.3) is 11.1 Å². The van der Waals surface area contributed by atoms with Gasteiger partial charge in [0.2, 0.25) is 0 Å². The highest BCUT2D eigenvalue weighted by Crippen LogP contribution is 2.44. The second kappa shape index (κ2) is 8.05. The van der Waals surface area contributed by atoms with Crippen molar-refractivity contribution in [2.24, 2.45) is 5.92 Å². The number of hydrogen-bond acceptors (Lipinski definition) is 3. The van der Waals surface area contributed by atoms with E-state index in [0.29, 0.717) is 12.3 Å². The first-order valence-corrected chi connectivity index (χ1v) is 9.98. The van der Waals surface area contributed by atoms with Gasteiger partial charge in [-0.2, -0.15) is 0 Å². The molecule has 0 heterocycles. The van der Waals surface area contributed by atoms with E-state index in [-0.39, 0.29) is 12.5 Å². The highest BCUT2D eigenvalue weighted by Gasteiger charge is 2.30. The van der Waals surface area contributed by atoms with Crippen LogP contribution in [0, 0.1) is 5.92 Å². The molecule has 5 heteroatoms. The molecule has 2 N–H and O–H groups in total. The Balaban J connectivity index is 1.41. The van der Waals surface area contributed by atoms with E-state index in [4.69, 9.17) is 4.74 Å². The van der Waals surface area contributed by atoms with Crippen molar-refractivity contribution in [2.75, 3.05) is 6.61 Å². The first-order chi connectivity index (χ1) is 13.6. The zero-order chi connectivity index (χ0) is 19.5. The summed E-state index contributed by atoms with van der Waals surface area (Å²) in [6.45, 7) is 0.190. The summed E-state index contributed by atoms with van der Waals surface area (Å²) in [7, 11) is 0. The van der Waals surface area contributed by atoms with Crippen molar-refractivity contribution in [2.45, 2.75) is 44.1 Å². The molecule has 0 aromatic heterocycles. The van der Waals surface area contributed by atoms with Crippen LogP contribution >= 0.6 is 0 Å². The molecule has 2 aromatic carbocycles. The van der Waals surface area contributed by atoms with Crippen molar-refractivity contribution in [3.63, 3.8) is 0 Å². The molecule has 2 aliphatic carbocycles. The van der Waals surface area contributed by atoms with Crippen LogP contribution in [-0.4, -0.2) is 29.8 Å². The highest BCUT2D eigenvalue weighted by atomic mass is 16.5. The predicted octanol–water partition coefficient (Wildman–Crippen LogP) is 4.56. The quantitative estimate of drug-likeness (QED) is 0.771. The molecule has 0 aliphatic heterocycles. The number of amides is 1. The van der Waals surface area contributed by atoms with E-state index >= 15 is 0 Å². The van der Waals surface area contributed by atoms with Gasteiger partial charge in [0.15, 0.2) is 0 Å². The van der Waals surface area contributed by atoms with Gasteiger partial charge in [-0.3, -0.25) is 0 Å². The first-order valence-electron chi connectivity index (χ1n) is 9.98. The van der Waals surface area contributed by atoms with Crippen LogP contribution in [0.3, 0.4) is 0 Å². The Morgan fingerprint density at radius 2 is 1.57 bits per heavy atom. The third-order valence-corrected chi connectivity index (χ3v) is 5.98. The normalized spacial score (nSPS) is 17.0. The summed E-state index contributed by atoms with van der Waals surface area (Å²) in [6.07, 6.45) is 4.17. The van der Waals surface area contributed by atoms with Gasteiger partial charge in [0.1, 0.15) is 12.6 Å². The Bertz CT molecular complexity index is 827. The van der Waals surface area contributed by atoms with Gasteiger partial charge in [-0.1, -0.05) is 74.2 Å². The second-order valence-corrected chi connectivity index (χ2v) is 7.75. The lowest BCUT2D eigenvalue weighted by molar-refractivity contribution is -0.139. The standard InChI is InChI=1S/C23H25NO4/c25-22(26)21(13-15-7-1-2-8-15)24-23(27)28-14-20-18-11-5-3-9-16(18)17-10-4-6-12-19(17)20/h3-6,9-12,15,20-21H,1-2,7-8,13-14H2,(H,24,27)(H,25,26). The van der Waals surface area contributed by atoms with Crippen molar-refractivity contribution in [3.05, 3.63) is 59.7 Å². The van der Waals surface area contributed by atoms with Crippen LogP contribution in [0.1, 0.15) is 49.1 Å². The number of fused-ring (bicyclic) bond motifs is 3. The maximum absolute atomic E-state index is 12.3. The number of ether oxygens (including phenoxy) is 1. The lowest BCUT2D eigenvalue weighted by Gasteiger charge is -2.19. The van der Waals surface area contributed by atoms with Gasteiger partial charge in [-0.25, -0.2) is 9.59 Å². The summed E-state index contributed by atoms with van der Waals surface area (Å²) in [4.78, 5) is 23.9. The van der Waals surface area contributed by atoms with Gasteiger partial charge < -0.3 is 15.2 Å². The Morgan fingerprint density at radius 3 is 2.14 bits per heavy atom.